The number of carbonyl (C=O) groups is 1. The summed E-state index contributed by atoms with van der Waals surface area (Å²) in [6, 6.07) is 5.82. The first-order valence-electron chi connectivity index (χ1n) is 6.17. The van der Waals surface area contributed by atoms with Crippen molar-refractivity contribution in [1.29, 1.82) is 0 Å². The van der Waals surface area contributed by atoms with E-state index in [2.05, 4.69) is 22.0 Å². The smallest absolute Gasteiger partial charge is 0.224 e. The van der Waals surface area contributed by atoms with Crippen molar-refractivity contribution < 1.29 is 9.53 Å². The number of anilines is 1. The second-order valence-corrected chi connectivity index (χ2v) is 5.76. The number of ether oxygens (including phenoxy) is 1. The molecule has 4 heteroatoms. The van der Waals surface area contributed by atoms with Gasteiger partial charge in [0.1, 0.15) is 5.75 Å². The molecule has 1 aliphatic heterocycles. The van der Waals surface area contributed by atoms with Crippen LogP contribution in [0.2, 0.25) is 0 Å². The van der Waals surface area contributed by atoms with Gasteiger partial charge in [0.05, 0.1) is 18.3 Å². The van der Waals surface area contributed by atoms with Gasteiger partial charge < -0.3 is 9.64 Å². The van der Waals surface area contributed by atoms with Crippen LogP contribution in [0.4, 0.5) is 5.69 Å². The van der Waals surface area contributed by atoms with Crippen molar-refractivity contribution in [2.75, 3.05) is 17.3 Å². The van der Waals surface area contributed by atoms with E-state index in [1.165, 1.54) is 5.57 Å². The molecule has 1 aromatic rings. The molecule has 0 fully saturated rings. The summed E-state index contributed by atoms with van der Waals surface area (Å²) in [5.74, 6) is 0.843. The van der Waals surface area contributed by atoms with E-state index in [1.54, 1.807) is 14.0 Å². The maximum absolute atomic E-state index is 12.0. The largest absolute Gasteiger partial charge is 0.497 e. The van der Waals surface area contributed by atoms with Crippen LogP contribution in [0.3, 0.4) is 0 Å². The van der Waals surface area contributed by atoms with Gasteiger partial charge in [0.25, 0.3) is 0 Å². The molecule has 0 saturated heterocycles. The Morgan fingerprint density at radius 2 is 2.11 bits per heavy atom. The SMILES string of the molecule is COc1ccc2c(c1)C(CBr)=CC(C)(C)N2C(C)=O. The molecule has 0 aliphatic carbocycles. The van der Waals surface area contributed by atoms with Gasteiger partial charge in [-0.25, -0.2) is 0 Å². The summed E-state index contributed by atoms with van der Waals surface area (Å²) in [5.41, 5.74) is 2.84. The zero-order valence-electron chi connectivity index (χ0n) is 11.7. The second kappa shape index (κ2) is 5.00. The number of alkyl halides is 1. The minimum atomic E-state index is -0.323. The van der Waals surface area contributed by atoms with Gasteiger partial charge in [0.15, 0.2) is 0 Å². The number of halogens is 1. The highest BCUT2D eigenvalue weighted by Crippen LogP contribution is 2.41. The van der Waals surface area contributed by atoms with E-state index in [0.29, 0.717) is 0 Å². The van der Waals surface area contributed by atoms with Crippen LogP contribution >= 0.6 is 15.9 Å². The Hall–Kier alpha value is -1.29. The normalized spacial score (nSPS) is 16.7. The average Bonchev–Trinajstić information content (AvgIpc) is 2.35. The van der Waals surface area contributed by atoms with E-state index in [1.807, 2.05) is 36.9 Å². The highest BCUT2D eigenvalue weighted by molar-refractivity contribution is 9.09. The van der Waals surface area contributed by atoms with Crippen molar-refractivity contribution in [3.8, 4) is 5.75 Å². The quantitative estimate of drug-likeness (QED) is 0.778. The molecule has 0 saturated carbocycles. The molecular formula is C15H18BrNO2. The summed E-state index contributed by atoms with van der Waals surface area (Å²) in [4.78, 5) is 13.8. The monoisotopic (exact) mass is 323 g/mol. The van der Waals surface area contributed by atoms with Crippen LogP contribution in [0.15, 0.2) is 24.3 Å². The van der Waals surface area contributed by atoms with Gasteiger partial charge in [-0.3, -0.25) is 4.79 Å². The van der Waals surface area contributed by atoms with E-state index in [-0.39, 0.29) is 11.4 Å². The van der Waals surface area contributed by atoms with Gasteiger partial charge in [0, 0.05) is 17.8 Å². The van der Waals surface area contributed by atoms with Gasteiger partial charge in [-0.1, -0.05) is 22.0 Å². The summed E-state index contributed by atoms with van der Waals surface area (Å²) >= 11 is 3.52. The Morgan fingerprint density at radius 1 is 1.42 bits per heavy atom. The Bertz CT molecular complexity index is 549. The number of amides is 1. The van der Waals surface area contributed by atoms with E-state index < -0.39 is 0 Å². The lowest BCUT2D eigenvalue weighted by Crippen LogP contribution is -2.48. The summed E-state index contributed by atoms with van der Waals surface area (Å²) in [7, 11) is 1.65. The Balaban J connectivity index is 2.67. The molecule has 0 atom stereocenters. The molecule has 1 aliphatic rings. The Kier molecular flexibility index (Phi) is 3.72. The topological polar surface area (TPSA) is 29.5 Å². The van der Waals surface area contributed by atoms with Gasteiger partial charge >= 0.3 is 0 Å². The molecule has 1 aromatic carbocycles. The lowest BCUT2D eigenvalue weighted by atomic mass is 9.88. The number of hydrogen-bond acceptors (Lipinski definition) is 2. The molecule has 102 valence electrons. The molecule has 0 aromatic heterocycles. The first-order valence-corrected chi connectivity index (χ1v) is 7.29. The van der Waals surface area contributed by atoms with Crippen molar-refractivity contribution in [2.45, 2.75) is 26.3 Å². The fraction of sp³-hybridized carbons (Fsp3) is 0.400. The standard InChI is InChI=1S/C15H18BrNO2/c1-10(18)17-14-6-5-12(19-4)7-13(14)11(9-16)8-15(17,2)3/h5-8H,9H2,1-4H3. The first kappa shape index (κ1) is 14.1. The van der Waals surface area contributed by atoms with Crippen molar-refractivity contribution >= 4 is 33.1 Å². The highest BCUT2D eigenvalue weighted by Gasteiger charge is 2.34. The number of methoxy groups -OCH3 is 1. The number of benzene rings is 1. The molecule has 0 N–H and O–H groups in total. The highest BCUT2D eigenvalue weighted by atomic mass is 79.9. The molecule has 3 nitrogen and oxygen atoms in total. The van der Waals surface area contributed by atoms with Crippen molar-refractivity contribution in [1.82, 2.24) is 0 Å². The van der Waals surface area contributed by atoms with Crippen LogP contribution in [0.5, 0.6) is 5.75 Å². The third kappa shape index (κ3) is 2.41. The summed E-state index contributed by atoms with van der Waals surface area (Å²) < 4.78 is 5.27. The van der Waals surface area contributed by atoms with Gasteiger partial charge in [-0.15, -0.1) is 0 Å². The van der Waals surface area contributed by atoms with Crippen LogP contribution in [-0.2, 0) is 4.79 Å². The summed E-state index contributed by atoms with van der Waals surface area (Å²) in [6.07, 6.45) is 2.13. The van der Waals surface area contributed by atoms with Crippen LogP contribution in [0.1, 0.15) is 26.3 Å². The molecule has 2 rings (SSSR count). The molecule has 0 bridgehead atoms. The number of nitrogens with zero attached hydrogens (tertiary/aromatic N) is 1. The average molecular weight is 324 g/mol. The number of fused-ring (bicyclic) bond motifs is 1. The fourth-order valence-electron chi connectivity index (χ4n) is 2.66. The lowest BCUT2D eigenvalue weighted by Gasteiger charge is -2.41. The molecular weight excluding hydrogens is 306 g/mol. The number of carbonyl (C=O) groups excluding carboxylic acids is 1. The molecule has 1 heterocycles. The van der Waals surface area contributed by atoms with Crippen molar-refractivity contribution in [3.05, 3.63) is 29.8 Å². The van der Waals surface area contributed by atoms with Crippen LogP contribution in [-0.4, -0.2) is 23.9 Å². The number of hydrogen-bond donors (Lipinski definition) is 0. The van der Waals surface area contributed by atoms with Gasteiger partial charge in [0.2, 0.25) is 5.91 Å². The maximum atomic E-state index is 12.0. The number of allylic oxidation sites excluding steroid dienone is 1. The zero-order chi connectivity index (χ0) is 14.2. The van der Waals surface area contributed by atoms with E-state index in [9.17, 15) is 4.79 Å². The first-order chi connectivity index (χ1) is 8.90. The predicted octanol–water partition coefficient (Wildman–Crippen LogP) is 3.62. The lowest BCUT2D eigenvalue weighted by molar-refractivity contribution is -0.117. The minimum absolute atomic E-state index is 0.0429. The minimum Gasteiger partial charge on any atom is -0.497 e. The van der Waals surface area contributed by atoms with Crippen molar-refractivity contribution in [3.63, 3.8) is 0 Å². The van der Waals surface area contributed by atoms with Gasteiger partial charge in [-0.05, 0) is 37.6 Å². The summed E-state index contributed by atoms with van der Waals surface area (Å²) in [5, 5.41) is 0.752. The molecule has 19 heavy (non-hydrogen) atoms. The number of rotatable bonds is 2. The third-order valence-corrected chi connectivity index (χ3v) is 3.96. The predicted molar refractivity (Wildman–Crippen MR) is 82.0 cm³/mol. The van der Waals surface area contributed by atoms with Crippen LogP contribution in [0.25, 0.3) is 5.57 Å². The second-order valence-electron chi connectivity index (χ2n) is 5.19. The fourth-order valence-corrected chi connectivity index (χ4v) is 3.12. The van der Waals surface area contributed by atoms with Crippen molar-refractivity contribution in [2.24, 2.45) is 0 Å². The van der Waals surface area contributed by atoms with Crippen LogP contribution < -0.4 is 9.64 Å². The zero-order valence-corrected chi connectivity index (χ0v) is 13.2. The summed E-state index contributed by atoms with van der Waals surface area (Å²) in [6.45, 7) is 5.69. The van der Waals surface area contributed by atoms with Gasteiger partial charge in [-0.2, -0.15) is 0 Å². The van der Waals surface area contributed by atoms with E-state index >= 15 is 0 Å². The molecule has 1 amide bonds. The molecule has 0 unspecified atom stereocenters. The third-order valence-electron chi connectivity index (χ3n) is 3.35. The van der Waals surface area contributed by atoms with Crippen LogP contribution in [0, 0.1) is 0 Å². The Morgan fingerprint density at radius 3 is 2.63 bits per heavy atom. The molecule has 0 radical (unpaired) electrons. The maximum Gasteiger partial charge on any atom is 0.224 e. The molecule has 0 spiro atoms. The van der Waals surface area contributed by atoms with E-state index in [4.69, 9.17) is 4.74 Å². The Labute approximate surface area is 122 Å². The van der Waals surface area contributed by atoms with E-state index in [0.717, 1.165) is 22.3 Å².